The maximum atomic E-state index is 5.35. The van der Waals surface area contributed by atoms with Crippen molar-refractivity contribution in [1.82, 2.24) is 9.55 Å². The number of nitrogens with one attached hydrogen (secondary N) is 1. The molecular weight excluding hydrogens is 246 g/mol. The predicted molar refractivity (Wildman–Crippen MR) is 79.4 cm³/mol. The molecule has 18 heavy (non-hydrogen) atoms. The van der Waals surface area contributed by atoms with Gasteiger partial charge in [-0.05, 0) is 38.7 Å². The Kier molecular flexibility index (Phi) is 7.93. The Balaban J connectivity index is 2.34. The number of imidazole rings is 1. The van der Waals surface area contributed by atoms with Gasteiger partial charge in [0.05, 0.1) is 0 Å². The lowest BCUT2D eigenvalue weighted by Gasteiger charge is -2.15. The minimum atomic E-state index is 0.463. The van der Waals surface area contributed by atoms with Gasteiger partial charge in [0.25, 0.3) is 0 Å². The number of rotatable bonds is 10. The van der Waals surface area contributed by atoms with Crippen molar-refractivity contribution >= 4 is 17.7 Å². The molecule has 1 rings (SSSR count). The number of nitrogens with zero attached hydrogens (tertiary/aromatic N) is 2. The molecular formula is C13H25N3OS. The summed E-state index contributed by atoms with van der Waals surface area (Å²) in [6, 6.07) is 0.463. The second-order valence-electron chi connectivity index (χ2n) is 4.32. The Labute approximate surface area is 115 Å². The molecule has 104 valence electrons. The number of ether oxygens (including phenoxy) is 1. The van der Waals surface area contributed by atoms with Gasteiger partial charge in [0, 0.05) is 38.2 Å². The molecule has 0 bridgehead atoms. The van der Waals surface area contributed by atoms with Crippen LogP contribution in [0.2, 0.25) is 0 Å². The normalized spacial score (nSPS) is 12.6. The highest BCUT2D eigenvalue weighted by Gasteiger charge is 2.06. The summed E-state index contributed by atoms with van der Waals surface area (Å²) in [6.07, 6.45) is 8.20. The van der Waals surface area contributed by atoms with Gasteiger partial charge in [-0.3, -0.25) is 0 Å². The second kappa shape index (κ2) is 9.28. The van der Waals surface area contributed by atoms with Crippen LogP contribution in [0.3, 0.4) is 0 Å². The fourth-order valence-electron chi connectivity index (χ4n) is 1.70. The standard InChI is InChI=1S/C13H25N3OS/c1-4-17-10-5-8-16-9-7-14-13(16)15-12(2)6-11-18-3/h7,9,12H,4-6,8,10-11H2,1-3H3,(H,14,15). The van der Waals surface area contributed by atoms with E-state index in [2.05, 4.69) is 28.0 Å². The van der Waals surface area contributed by atoms with Crippen LogP contribution < -0.4 is 5.32 Å². The van der Waals surface area contributed by atoms with E-state index in [1.807, 2.05) is 31.1 Å². The summed E-state index contributed by atoms with van der Waals surface area (Å²) in [6.45, 7) is 6.79. The van der Waals surface area contributed by atoms with Crippen molar-refractivity contribution in [3.63, 3.8) is 0 Å². The predicted octanol–water partition coefficient (Wildman–Crippen LogP) is 2.86. The zero-order valence-electron chi connectivity index (χ0n) is 11.7. The summed E-state index contributed by atoms with van der Waals surface area (Å²) in [5, 5.41) is 3.46. The van der Waals surface area contributed by atoms with E-state index in [0.717, 1.165) is 38.5 Å². The summed E-state index contributed by atoms with van der Waals surface area (Å²) in [5.41, 5.74) is 0. The fraction of sp³-hybridized carbons (Fsp3) is 0.769. The average molecular weight is 271 g/mol. The maximum Gasteiger partial charge on any atom is 0.202 e. The molecule has 0 radical (unpaired) electrons. The maximum absolute atomic E-state index is 5.35. The quantitative estimate of drug-likeness (QED) is 0.664. The molecule has 0 fully saturated rings. The van der Waals surface area contributed by atoms with E-state index in [-0.39, 0.29) is 0 Å². The van der Waals surface area contributed by atoms with E-state index in [9.17, 15) is 0 Å². The molecule has 0 saturated heterocycles. The van der Waals surface area contributed by atoms with Crippen LogP contribution >= 0.6 is 11.8 Å². The van der Waals surface area contributed by atoms with Crippen LogP contribution in [-0.2, 0) is 11.3 Å². The lowest BCUT2D eigenvalue weighted by atomic mass is 10.3. The molecule has 1 N–H and O–H groups in total. The highest BCUT2D eigenvalue weighted by molar-refractivity contribution is 7.98. The molecule has 1 unspecified atom stereocenters. The van der Waals surface area contributed by atoms with Gasteiger partial charge in [0.15, 0.2) is 0 Å². The minimum Gasteiger partial charge on any atom is -0.382 e. The van der Waals surface area contributed by atoms with Crippen molar-refractivity contribution in [2.24, 2.45) is 0 Å². The van der Waals surface area contributed by atoms with Crippen molar-refractivity contribution in [2.75, 3.05) is 30.5 Å². The average Bonchev–Trinajstić information content (AvgIpc) is 2.79. The first-order valence-electron chi connectivity index (χ1n) is 6.62. The summed E-state index contributed by atoms with van der Waals surface area (Å²) < 4.78 is 7.51. The topological polar surface area (TPSA) is 39.1 Å². The zero-order valence-corrected chi connectivity index (χ0v) is 12.5. The minimum absolute atomic E-state index is 0.463. The van der Waals surface area contributed by atoms with Crippen LogP contribution in [0, 0.1) is 0 Å². The highest BCUT2D eigenvalue weighted by atomic mass is 32.2. The molecule has 0 aliphatic heterocycles. The molecule has 5 heteroatoms. The Bertz CT molecular complexity index is 317. The third-order valence-electron chi connectivity index (χ3n) is 2.74. The van der Waals surface area contributed by atoms with Crippen LogP contribution in [0.1, 0.15) is 26.7 Å². The van der Waals surface area contributed by atoms with Gasteiger partial charge in [0.2, 0.25) is 5.95 Å². The summed E-state index contributed by atoms with van der Waals surface area (Å²) in [7, 11) is 0. The molecule has 0 spiro atoms. The summed E-state index contributed by atoms with van der Waals surface area (Å²) in [4.78, 5) is 4.37. The van der Waals surface area contributed by atoms with Crippen LogP contribution in [0.5, 0.6) is 0 Å². The Hall–Kier alpha value is -0.680. The lowest BCUT2D eigenvalue weighted by Crippen LogP contribution is -2.19. The van der Waals surface area contributed by atoms with Gasteiger partial charge in [-0.15, -0.1) is 0 Å². The molecule has 1 aromatic rings. The van der Waals surface area contributed by atoms with E-state index >= 15 is 0 Å². The highest BCUT2D eigenvalue weighted by Crippen LogP contribution is 2.10. The molecule has 0 amide bonds. The molecule has 0 aliphatic rings. The van der Waals surface area contributed by atoms with Gasteiger partial charge in [-0.25, -0.2) is 4.98 Å². The fourth-order valence-corrected chi connectivity index (χ4v) is 2.29. The largest absolute Gasteiger partial charge is 0.382 e. The van der Waals surface area contributed by atoms with E-state index in [0.29, 0.717) is 6.04 Å². The third kappa shape index (κ3) is 5.78. The van der Waals surface area contributed by atoms with Crippen molar-refractivity contribution in [3.8, 4) is 0 Å². The summed E-state index contributed by atoms with van der Waals surface area (Å²) in [5.74, 6) is 2.15. The zero-order chi connectivity index (χ0) is 13.2. The lowest BCUT2D eigenvalue weighted by molar-refractivity contribution is 0.142. The monoisotopic (exact) mass is 271 g/mol. The molecule has 1 atom stereocenters. The molecule has 1 aromatic heterocycles. The number of aryl methyl sites for hydroxylation is 1. The first kappa shape index (κ1) is 15.4. The molecule has 4 nitrogen and oxygen atoms in total. The van der Waals surface area contributed by atoms with Gasteiger partial charge < -0.3 is 14.6 Å². The van der Waals surface area contributed by atoms with Crippen LogP contribution in [0.15, 0.2) is 12.4 Å². The smallest absolute Gasteiger partial charge is 0.202 e. The van der Waals surface area contributed by atoms with Crippen LogP contribution in [-0.4, -0.2) is 40.8 Å². The number of aromatic nitrogens is 2. The number of hydrogen-bond acceptors (Lipinski definition) is 4. The SMILES string of the molecule is CCOCCCn1ccnc1NC(C)CCSC. The van der Waals surface area contributed by atoms with Crippen LogP contribution in [0.25, 0.3) is 0 Å². The molecule has 0 aliphatic carbocycles. The third-order valence-corrected chi connectivity index (χ3v) is 3.38. The van der Waals surface area contributed by atoms with E-state index in [1.54, 1.807) is 0 Å². The van der Waals surface area contributed by atoms with Crippen molar-refractivity contribution in [2.45, 2.75) is 39.3 Å². The van der Waals surface area contributed by atoms with E-state index in [4.69, 9.17) is 4.74 Å². The van der Waals surface area contributed by atoms with Crippen LogP contribution in [0.4, 0.5) is 5.95 Å². The molecule has 0 saturated carbocycles. The second-order valence-corrected chi connectivity index (χ2v) is 5.31. The van der Waals surface area contributed by atoms with Crippen molar-refractivity contribution in [1.29, 1.82) is 0 Å². The first-order valence-corrected chi connectivity index (χ1v) is 8.01. The van der Waals surface area contributed by atoms with Gasteiger partial charge in [-0.2, -0.15) is 11.8 Å². The van der Waals surface area contributed by atoms with Gasteiger partial charge >= 0.3 is 0 Å². The number of thioether (sulfide) groups is 1. The first-order chi connectivity index (χ1) is 8.77. The number of hydrogen-bond donors (Lipinski definition) is 1. The Morgan fingerprint density at radius 1 is 1.56 bits per heavy atom. The van der Waals surface area contributed by atoms with Gasteiger partial charge in [-0.1, -0.05) is 0 Å². The van der Waals surface area contributed by atoms with E-state index < -0.39 is 0 Å². The summed E-state index contributed by atoms with van der Waals surface area (Å²) >= 11 is 1.88. The number of anilines is 1. The molecule has 0 aromatic carbocycles. The van der Waals surface area contributed by atoms with Gasteiger partial charge in [0.1, 0.15) is 0 Å². The Morgan fingerprint density at radius 2 is 2.39 bits per heavy atom. The molecule has 1 heterocycles. The van der Waals surface area contributed by atoms with Crippen molar-refractivity contribution in [3.05, 3.63) is 12.4 Å². The Morgan fingerprint density at radius 3 is 3.11 bits per heavy atom. The van der Waals surface area contributed by atoms with Crippen molar-refractivity contribution < 1.29 is 4.74 Å². The van der Waals surface area contributed by atoms with E-state index in [1.165, 1.54) is 5.75 Å².